The van der Waals surface area contributed by atoms with Gasteiger partial charge in [-0.3, -0.25) is 0 Å². The summed E-state index contributed by atoms with van der Waals surface area (Å²) in [5.41, 5.74) is 0.865. The van der Waals surface area contributed by atoms with Gasteiger partial charge in [-0.25, -0.2) is 9.50 Å². The summed E-state index contributed by atoms with van der Waals surface area (Å²) in [5.74, 6) is 1.01. The monoisotopic (exact) mass is 308 g/mol. The molecular weight excluding hydrogens is 296 g/mol. The molecule has 5 heterocycles. The van der Waals surface area contributed by atoms with Crippen molar-refractivity contribution in [2.24, 2.45) is 0 Å². The number of anilines is 1. The van der Waals surface area contributed by atoms with Crippen LogP contribution in [0.15, 0.2) is 22.9 Å². The first-order valence-corrected chi connectivity index (χ1v) is 6.99. The fourth-order valence-corrected chi connectivity index (χ4v) is 3.18. The molecule has 5 nitrogen and oxygen atoms in total. The Balaban J connectivity index is 1.75. The second kappa shape index (κ2) is 3.93. The van der Waals surface area contributed by atoms with Crippen molar-refractivity contribution in [1.82, 2.24) is 14.6 Å². The number of aromatic nitrogens is 3. The van der Waals surface area contributed by atoms with E-state index in [2.05, 4.69) is 37.0 Å². The molecule has 0 amide bonds. The molecule has 2 aromatic heterocycles. The zero-order chi connectivity index (χ0) is 12.1. The molecule has 3 fully saturated rings. The number of hydrogen-bond acceptors (Lipinski definition) is 4. The summed E-state index contributed by atoms with van der Waals surface area (Å²) in [6, 6.07) is 4.54. The first-order valence-electron chi connectivity index (χ1n) is 6.20. The van der Waals surface area contributed by atoms with Gasteiger partial charge in [0.05, 0.1) is 24.9 Å². The first-order chi connectivity index (χ1) is 8.81. The maximum atomic E-state index is 5.73. The maximum absolute atomic E-state index is 5.73. The van der Waals surface area contributed by atoms with Crippen molar-refractivity contribution in [1.29, 1.82) is 0 Å². The van der Waals surface area contributed by atoms with Crippen LogP contribution in [0.1, 0.15) is 12.8 Å². The Labute approximate surface area is 113 Å². The molecule has 3 saturated heterocycles. The number of imidazole rings is 1. The maximum Gasteiger partial charge on any atom is 0.154 e. The fourth-order valence-electron chi connectivity index (χ4n) is 2.82. The Morgan fingerprint density at radius 2 is 2.28 bits per heavy atom. The quantitative estimate of drug-likeness (QED) is 0.806. The van der Waals surface area contributed by atoms with Crippen LogP contribution in [0.5, 0.6) is 0 Å². The van der Waals surface area contributed by atoms with Gasteiger partial charge in [-0.05, 0) is 40.9 Å². The topological polar surface area (TPSA) is 42.7 Å². The van der Waals surface area contributed by atoms with Crippen LogP contribution in [0, 0.1) is 0 Å². The second-order valence-corrected chi connectivity index (χ2v) is 5.69. The largest absolute Gasteiger partial charge is 0.374 e. The molecule has 2 atom stereocenters. The van der Waals surface area contributed by atoms with Crippen molar-refractivity contribution in [3.63, 3.8) is 0 Å². The van der Waals surface area contributed by atoms with E-state index in [4.69, 9.17) is 4.74 Å². The Kier molecular flexibility index (Phi) is 2.35. The predicted molar refractivity (Wildman–Crippen MR) is 70.8 cm³/mol. The minimum absolute atomic E-state index is 0.374. The smallest absolute Gasteiger partial charge is 0.154 e. The van der Waals surface area contributed by atoms with Crippen molar-refractivity contribution in [3.05, 3.63) is 22.9 Å². The number of fused-ring (bicyclic) bond motifs is 4. The highest BCUT2D eigenvalue weighted by Gasteiger charge is 2.35. The highest BCUT2D eigenvalue weighted by atomic mass is 79.9. The Morgan fingerprint density at radius 3 is 3.00 bits per heavy atom. The van der Waals surface area contributed by atoms with Gasteiger partial charge < -0.3 is 9.64 Å². The van der Waals surface area contributed by atoms with Gasteiger partial charge in [-0.1, -0.05) is 0 Å². The van der Waals surface area contributed by atoms with Gasteiger partial charge in [0, 0.05) is 6.54 Å². The number of morpholine rings is 1. The minimum Gasteiger partial charge on any atom is -0.374 e. The third-order valence-corrected chi connectivity index (χ3v) is 4.33. The number of hydrogen-bond donors (Lipinski definition) is 0. The Morgan fingerprint density at radius 1 is 1.33 bits per heavy atom. The summed E-state index contributed by atoms with van der Waals surface area (Å²) in [5, 5.41) is 4.65. The van der Waals surface area contributed by atoms with Crippen LogP contribution < -0.4 is 4.90 Å². The first kappa shape index (κ1) is 10.8. The molecule has 3 aliphatic rings. The molecule has 3 aliphatic heterocycles. The zero-order valence-corrected chi connectivity index (χ0v) is 11.4. The van der Waals surface area contributed by atoms with Crippen molar-refractivity contribution in [2.45, 2.75) is 25.0 Å². The van der Waals surface area contributed by atoms with Crippen LogP contribution in [-0.4, -0.2) is 39.9 Å². The van der Waals surface area contributed by atoms with Gasteiger partial charge >= 0.3 is 0 Å². The molecule has 0 spiro atoms. The Bertz CT molecular complexity index is 591. The molecule has 6 heteroatoms. The van der Waals surface area contributed by atoms with Gasteiger partial charge in [0.25, 0.3) is 0 Å². The van der Waals surface area contributed by atoms with E-state index in [1.54, 1.807) is 6.20 Å². The van der Waals surface area contributed by atoms with Gasteiger partial charge in [0.1, 0.15) is 10.4 Å². The lowest BCUT2D eigenvalue weighted by molar-refractivity contribution is -0.0229. The molecule has 2 unspecified atom stereocenters. The molecular formula is C12H13BrN4O. The molecule has 0 aromatic carbocycles. The standard InChI is InChI=1S/C12H13BrN4O/c13-10-5-14-11-3-4-12(15-17(10)11)16-6-9-2-1-8(16)7-18-9/h3-5,8-9H,1-2,6-7H2. The van der Waals surface area contributed by atoms with E-state index in [1.807, 2.05) is 10.6 Å². The third-order valence-electron chi connectivity index (χ3n) is 3.79. The summed E-state index contributed by atoms with van der Waals surface area (Å²) < 4.78 is 8.45. The van der Waals surface area contributed by atoms with E-state index in [-0.39, 0.29) is 0 Å². The van der Waals surface area contributed by atoms with Crippen LogP contribution in [0.3, 0.4) is 0 Å². The SMILES string of the molecule is Brc1cnc2ccc(N3CC4CCC3CO4)nn12. The van der Waals surface area contributed by atoms with Gasteiger partial charge in [0.2, 0.25) is 0 Å². The van der Waals surface area contributed by atoms with Crippen LogP contribution in [0.4, 0.5) is 5.82 Å². The highest BCUT2D eigenvalue weighted by molar-refractivity contribution is 9.10. The van der Waals surface area contributed by atoms with Crippen molar-refractivity contribution < 1.29 is 4.74 Å². The third kappa shape index (κ3) is 1.55. The summed E-state index contributed by atoms with van der Waals surface area (Å²) >= 11 is 3.46. The fraction of sp³-hybridized carbons (Fsp3) is 0.500. The lowest BCUT2D eigenvalue weighted by atomic mass is 9.97. The van der Waals surface area contributed by atoms with Crippen molar-refractivity contribution in [2.75, 3.05) is 18.1 Å². The minimum atomic E-state index is 0.374. The van der Waals surface area contributed by atoms with Crippen LogP contribution in [-0.2, 0) is 4.74 Å². The second-order valence-electron chi connectivity index (χ2n) is 4.88. The van der Waals surface area contributed by atoms with Crippen molar-refractivity contribution in [3.8, 4) is 0 Å². The van der Waals surface area contributed by atoms with Crippen molar-refractivity contribution >= 4 is 27.4 Å². The van der Waals surface area contributed by atoms with E-state index in [1.165, 1.54) is 12.8 Å². The normalized spacial score (nSPS) is 27.1. The molecule has 0 saturated carbocycles. The number of ether oxygens (including phenoxy) is 1. The van der Waals surface area contributed by atoms with E-state index in [0.29, 0.717) is 12.1 Å². The van der Waals surface area contributed by atoms with E-state index in [0.717, 1.165) is 29.2 Å². The summed E-state index contributed by atoms with van der Waals surface area (Å²) in [7, 11) is 0. The van der Waals surface area contributed by atoms with Gasteiger partial charge in [-0.15, -0.1) is 5.10 Å². The average molecular weight is 309 g/mol. The van der Waals surface area contributed by atoms with E-state index < -0.39 is 0 Å². The van der Waals surface area contributed by atoms with Crippen LogP contribution in [0.2, 0.25) is 0 Å². The summed E-state index contributed by atoms with van der Waals surface area (Å²) in [6.45, 7) is 1.78. The predicted octanol–water partition coefficient (Wildman–Crippen LogP) is 1.86. The Hall–Kier alpha value is -1.14. The number of rotatable bonds is 1. The molecule has 2 aromatic rings. The molecule has 0 radical (unpaired) electrons. The lowest BCUT2D eigenvalue weighted by Gasteiger charge is -2.45. The van der Waals surface area contributed by atoms with Gasteiger partial charge in [0.15, 0.2) is 5.65 Å². The number of halogens is 1. The van der Waals surface area contributed by atoms with Crippen LogP contribution >= 0.6 is 15.9 Å². The molecule has 0 aliphatic carbocycles. The number of nitrogens with zero attached hydrogens (tertiary/aromatic N) is 4. The molecule has 18 heavy (non-hydrogen) atoms. The van der Waals surface area contributed by atoms with Crippen LogP contribution in [0.25, 0.3) is 5.65 Å². The average Bonchev–Trinajstić information content (AvgIpc) is 2.81. The molecule has 2 bridgehead atoms. The summed E-state index contributed by atoms with van der Waals surface area (Å²) in [6.07, 6.45) is 4.53. The molecule has 5 rings (SSSR count). The van der Waals surface area contributed by atoms with E-state index in [9.17, 15) is 0 Å². The zero-order valence-electron chi connectivity index (χ0n) is 9.79. The highest BCUT2D eigenvalue weighted by Crippen LogP contribution is 2.30. The van der Waals surface area contributed by atoms with Gasteiger partial charge in [-0.2, -0.15) is 0 Å². The molecule has 0 N–H and O–H groups in total. The molecule has 94 valence electrons. The van der Waals surface area contributed by atoms with E-state index >= 15 is 0 Å². The summed E-state index contributed by atoms with van der Waals surface area (Å²) in [4.78, 5) is 6.63. The number of piperidine rings is 1. The lowest BCUT2D eigenvalue weighted by Crippen LogP contribution is -2.54.